The van der Waals surface area contributed by atoms with Crippen molar-refractivity contribution in [2.24, 2.45) is 0 Å². The number of pyridine rings is 2. The Balaban J connectivity index is 1.38. The Bertz CT molecular complexity index is 5250. The molecule has 0 unspecified atom stereocenters. The predicted molar refractivity (Wildman–Crippen MR) is 247 cm³/mol. The minimum Gasteiger partial charge on any atom is -0.455 e. The summed E-state index contributed by atoms with van der Waals surface area (Å²) in [6.45, 7) is 0. The zero-order valence-corrected chi connectivity index (χ0v) is 29.8. The van der Waals surface area contributed by atoms with Crippen molar-refractivity contribution in [3.63, 3.8) is 0 Å². The van der Waals surface area contributed by atoms with Crippen LogP contribution in [-0.2, 0) is 0 Å². The van der Waals surface area contributed by atoms with Gasteiger partial charge in [-0.2, -0.15) is 0 Å². The van der Waals surface area contributed by atoms with E-state index in [0.29, 0.717) is 0 Å². The summed E-state index contributed by atoms with van der Waals surface area (Å²) in [4.78, 5) is 8.90. The second-order valence-electron chi connectivity index (χ2n) is 13.1. The highest BCUT2D eigenvalue weighted by molar-refractivity contribution is 6.16. The van der Waals surface area contributed by atoms with Gasteiger partial charge in [-0.25, -0.2) is 4.98 Å². The van der Waals surface area contributed by atoms with E-state index >= 15 is 0 Å². The van der Waals surface area contributed by atoms with Crippen LogP contribution in [0.1, 0.15) is 38.4 Å². The molecule has 274 valence electrons. The topological polar surface area (TPSA) is 38.9 Å². The molecule has 12 aromatic rings. The molecule has 9 aromatic carbocycles. The van der Waals surface area contributed by atoms with Crippen LogP contribution in [-0.4, -0.2) is 9.97 Å². The van der Waals surface area contributed by atoms with Crippen LogP contribution in [0.15, 0.2) is 210 Å². The molecule has 0 radical (unpaired) electrons. The fraction of sp³-hybridized carbons (Fsp3) is 0. The lowest BCUT2D eigenvalue weighted by molar-refractivity contribution is 0.600. The van der Waals surface area contributed by atoms with E-state index in [9.17, 15) is 15.1 Å². The molecule has 0 saturated carbocycles. The van der Waals surface area contributed by atoms with Gasteiger partial charge in [0.05, 0.1) is 55.1 Å². The SMILES string of the molecule is [2H]c1nc2c(c([2H])c1[2H])c([2H])c([2H])c1c([2H])c([2H])c(-c3ccc(-c4c(-c5c([2H])c([2H])c([2H])c6c([2H])c([2H])c([2H])c([2H])c56)oc(-c5c([2H])c([2H])c([2H])c6c([2H])c([2H])c([2H])c([2H])c56)c4-c4c([2H])c([2H])c([2H])c5c([2H])c([2H])c([2H])c([2H])c45)c4ccccc34)nc12. The Kier molecular flexibility index (Phi) is 3.58. The number of nitrogens with zero attached hydrogens (tertiary/aromatic N) is 2. The molecule has 0 aliphatic heterocycles. The molecule has 3 nitrogen and oxygen atoms in total. The molecule has 0 N–H and O–H groups in total. The molecule has 0 fully saturated rings. The summed E-state index contributed by atoms with van der Waals surface area (Å²) < 4.78 is 261. The quantitative estimate of drug-likeness (QED) is 0.163. The summed E-state index contributed by atoms with van der Waals surface area (Å²) in [6, 6.07) is -14.2. The first-order chi connectivity index (χ1) is 40.9. The summed E-state index contributed by atoms with van der Waals surface area (Å²) in [5.74, 6) is -1.58. The molecule has 0 atom stereocenters. The molecule has 0 saturated heterocycles. The monoisotopic (exact) mass is 778 g/mol. The van der Waals surface area contributed by atoms with Crippen LogP contribution in [0.2, 0.25) is 0 Å². The highest BCUT2D eigenvalue weighted by atomic mass is 16.3. The second kappa shape index (κ2) is 13.4. The van der Waals surface area contributed by atoms with Crippen LogP contribution in [0.25, 0.3) is 121 Å². The molecule has 3 aromatic heterocycles. The Hall–Kier alpha value is -7.88. The Morgan fingerprint density at radius 3 is 1.47 bits per heavy atom. The lowest BCUT2D eigenvalue weighted by atomic mass is 9.85. The van der Waals surface area contributed by atoms with E-state index in [1.54, 1.807) is 0 Å². The third kappa shape index (κ3) is 5.29. The molecule has 3 heterocycles. The van der Waals surface area contributed by atoms with Crippen molar-refractivity contribution >= 4 is 64.9 Å². The summed E-state index contributed by atoms with van der Waals surface area (Å²) in [5.41, 5.74) is -4.30. The van der Waals surface area contributed by atoms with Gasteiger partial charge in [-0.1, -0.05) is 187 Å². The molecule has 0 spiro atoms. The molecule has 0 aliphatic rings. The Morgan fingerprint density at radius 1 is 0.356 bits per heavy atom. The van der Waals surface area contributed by atoms with Crippen LogP contribution < -0.4 is 0 Å². The van der Waals surface area contributed by atoms with Crippen molar-refractivity contribution in [1.82, 2.24) is 9.97 Å². The van der Waals surface area contributed by atoms with Gasteiger partial charge in [-0.05, 0) is 66.3 Å². The van der Waals surface area contributed by atoms with E-state index in [1.165, 1.54) is 36.4 Å². The van der Waals surface area contributed by atoms with Crippen molar-refractivity contribution in [2.75, 3.05) is 0 Å². The first-order valence-corrected chi connectivity index (χ1v) is 17.8. The zero-order chi connectivity index (χ0) is 63.2. The number of benzene rings is 9. The van der Waals surface area contributed by atoms with Crippen LogP contribution in [0.4, 0.5) is 0 Å². The number of rotatable bonds is 5. The van der Waals surface area contributed by atoms with E-state index in [4.69, 9.17) is 32.7 Å². The summed E-state index contributed by atoms with van der Waals surface area (Å²) in [6.07, 6.45) is -0.694. The summed E-state index contributed by atoms with van der Waals surface area (Å²) in [7, 11) is 0. The van der Waals surface area contributed by atoms with E-state index in [1.807, 2.05) is 0 Å². The van der Waals surface area contributed by atoms with Gasteiger partial charge in [0.25, 0.3) is 0 Å². The summed E-state index contributed by atoms with van der Waals surface area (Å²) in [5, 5.41) is -4.41. The first-order valence-electron chi connectivity index (χ1n) is 31.8. The van der Waals surface area contributed by atoms with E-state index in [0.717, 1.165) is 0 Å². The van der Waals surface area contributed by atoms with E-state index in [-0.39, 0.29) is 49.4 Å². The van der Waals surface area contributed by atoms with Crippen molar-refractivity contribution in [3.8, 4) is 56.2 Å². The number of hydrogen-bond donors (Lipinski definition) is 0. The van der Waals surface area contributed by atoms with Gasteiger partial charge in [0.1, 0.15) is 11.5 Å². The standard InChI is InChI=1S/C56H34N2O/c1-4-20-40-35(13-1)16-9-25-46(40)51-52(56(49-27-11-18-37-15-3-6-22-42(37)49)59-55(51)48-26-10-17-36-14-2-5-21-41(36)48)47-32-31-45(43-23-7-8-24-44(43)47)50-33-30-39-29-28-38-19-12-34-57-53(38)54(39)58-50/h1-34H/i1D,2D,3D,4D,5D,6D,9D,10D,11D,12D,13D,14D,15D,16D,17D,18D,19D,20D,21D,22D,25D,26D,27D,28D,29D,30D,33D,34D. The first kappa shape index (κ1) is 15.8. The molecular weight excluding hydrogens is 717 g/mol. The normalized spacial score (nSPS) is 18.4. The largest absolute Gasteiger partial charge is 0.455 e. The predicted octanol–water partition coefficient (Wildman–Crippen LogP) is 15.3. The molecule has 3 heteroatoms. The zero-order valence-electron chi connectivity index (χ0n) is 57.8. The van der Waals surface area contributed by atoms with Crippen LogP contribution in [0, 0.1) is 0 Å². The van der Waals surface area contributed by atoms with Gasteiger partial charge >= 0.3 is 0 Å². The lowest BCUT2D eigenvalue weighted by Crippen LogP contribution is -1.93. The van der Waals surface area contributed by atoms with Gasteiger partial charge < -0.3 is 4.42 Å². The molecule has 59 heavy (non-hydrogen) atoms. The fourth-order valence-corrected chi connectivity index (χ4v) is 7.41. The second-order valence-corrected chi connectivity index (χ2v) is 13.1. The number of fused-ring (bicyclic) bond motifs is 7. The summed E-state index contributed by atoms with van der Waals surface area (Å²) >= 11 is 0. The third-order valence-corrected chi connectivity index (χ3v) is 9.95. The molecule has 12 rings (SSSR count). The smallest absolute Gasteiger partial charge is 0.143 e. The van der Waals surface area contributed by atoms with Gasteiger partial charge in [0.2, 0.25) is 0 Å². The van der Waals surface area contributed by atoms with Crippen LogP contribution in [0.3, 0.4) is 0 Å². The van der Waals surface area contributed by atoms with Crippen molar-refractivity contribution in [3.05, 3.63) is 206 Å². The Labute approximate surface area is 379 Å². The fourth-order valence-electron chi connectivity index (χ4n) is 7.41. The van der Waals surface area contributed by atoms with E-state index in [2.05, 4.69) is 4.98 Å². The van der Waals surface area contributed by atoms with Crippen LogP contribution in [0.5, 0.6) is 0 Å². The molecule has 0 bridgehead atoms. The minimum absolute atomic E-state index is 0.0197. The van der Waals surface area contributed by atoms with Gasteiger partial charge in [-0.15, -0.1) is 0 Å². The maximum atomic E-state index is 9.86. The highest BCUT2D eigenvalue weighted by Crippen LogP contribution is 2.53. The number of hydrogen-bond acceptors (Lipinski definition) is 3. The van der Waals surface area contributed by atoms with Crippen molar-refractivity contribution in [1.29, 1.82) is 0 Å². The van der Waals surface area contributed by atoms with Gasteiger partial charge in [0.15, 0.2) is 0 Å². The average molecular weight is 779 g/mol. The molecule has 0 amide bonds. The maximum absolute atomic E-state index is 9.86. The number of furan rings is 1. The van der Waals surface area contributed by atoms with Crippen LogP contribution >= 0.6 is 0 Å². The average Bonchev–Trinajstić information content (AvgIpc) is 1.68. The highest BCUT2D eigenvalue weighted by Gasteiger charge is 2.29. The van der Waals surface area contributed by atoms with Gasteiger partial charge in [-0.3, -0.25) is 4.98 Å². The Morgan fingerprint density at radius 2 is 0.831 bits per heavy atom. The van der Waals surface area contributed by atoms with Crippen molar-refractivity contribution < 1.29 is 42.8 Å². The van der Waals surface area contributed by atoms with E-state index < -0.39 is 241 Å². The van der Waals surface area contributed by atoms with Crippen molar-refractivity contribution in [2.45, 2.75) is 0 Å². The molecule has 0 aliphatic carbocycles. The maximum Gasteiger partial charge on any atom is 0.143 e. The minimum atomic E-state index is -0.992. The number of aromatic nitrogens is 2. The third-order valence-electron chi connectivity index (χ3n) is 9.95. The lowest BCUT2D eigenvalue weighted by Gasteiger charge is -2.16. The molecular formula is C56H34N2O. The van der Waals surface area contributed by atoms with Gasteiger partial charge in [0, 0.05) is 44.8 Å².